The molecule has 1 N–H and O–H groups in total. The van der Waals surface area contributed by atoms with Crippen LogP contribution in [0.5, 0.6) is 0 Å². The second-order valence-electron chi connectivity index (χ2n) is 6.95. The number of pyridine rings is 1. The van der Waals surface area contributed by atoms with Crippen LogP contribution in [0, 0.1) is 11.4 Å². The fraction of sp³-hybridized carbons (Fsp3) is 0.368. The summed E-state index contributed by atoms with van der Waals surface area (Å²) in [6.07, 6.45) is 5.12. The molecule has 1 aromatic heterocycles. The van der Waals surface area contributed by atoms with Crippen LogP contribution in [0.2, 0.25) is 0 Å². The summed E-state index contributed by atoms with van der Waals surface area (Å²) < 4.78 is 14.2. The number of carbonyl (C=O) groups excluding carboxylic acids is 1. The molecule has 1 spiro atoms. The monoisotopic (exact) mass is 403 g/mol. The Morgan fingerprint density at radius 1 is 1.16 bits per heavy atom. The van der Waals surface area contributed by atoms with Crippen LogP contribution in [0.25, 0.3) is 0 Å². The maximum Gasteiger partial charge on any atom is 0.274 e. The van der Waals surface area contributed by atoms with Gasteiger partial charge in [-0.3, -0.25) is 4.79 Å². The third kappa shape index (κ3) is 3.54. The zero-order valence-electron chi connectivity index (χ0n) is 13.8. The van der Waals surface area contributed by atoms with E-state index in [1.54, 1.807) is 0 Å². The van der Waals surface area contributed by atoms with Crippen molar-refractivity contribution in [2.24, 2.45) is 5.41 Å². The maximum absolute atomic E-state index is 13.3. The number of rotatable bonds is 3. The van der Waals surface area contributed by atoms with Gasteiger partial charge in [-0.2, -0.15) is 4.39 Å². The molecule has 0 radical (unpaired) electrons. The van der Waals surface area contributed by atoms with Gasteiger partial charge in [0.05, 0.1) is 11.4 Å². The molecule has 1 aliphatic carbocycles. The summed E-state index contributed by atoms with van der Waals surface area (Å²) in [7, 11) is 0. The van der Waals surface area contributed by atoms with Gasteiger partial charge in [-0.05, 0) is 61.4 Å². The lowest BCUT2D eigenvalue weighted by molar-refractivity contribution is 0.102. The van der Waals surface area contributed by atoms with Gasteiger partial charge >= 0.3 is 0 Å². The van der Waals surface area contributed by atoms with Crippen molar-refractivity contribution in [2.45, 2.75) is 25.7 Å². The zero-order valence-corrected chi connectivity index (χ0v) is 15.4. The molecule has 6 heteroatoms. The highest BCUT2D eigenvalue weighted by molar-refractivity contribution is 9.10. The van der Waals surface area contributed by atoms with E-state index in [0.29, 0.717) is 5.41 Å². The number of nitrogens with one attached hydrogen (secondary N) is 1. The van der Waals surface area contributed by atoms with E-state index in [4.69, 9.17) is 0 Å². The van der Waals surface area contributed by atoms with Crippen molar-refractivity contribution in [3.63, 3.8) is 0 Å². The first-order chi connectivity index (χ1) is 12.0. The molecule has 4 rings (SSSR count). The standard InChI is InChI=1S/C19H19BrFN3O/c20-13-4-5-14(23-18(25)15-2-1-3-17(21)22-15)16(12-13)24-10-8-19(6-7-19)9-11-24/h1-5,12H,6-11H2,(H,23,25). The van der Waals surface area contributed by atoms with Gasteiger partial charge in [-0.15, -0.1) is 0 Å². The van der Waals surface area contributed by atoms with Gasteiger partial charge in [0, 0.05) is 17.6 Å². The largest absolute Gasteiger partial charge is 0.370 e. The number of halogens is 2. The van der Waals surface area contributed by atoms with Crippen LogP contribution < -0.4 is 10.2 Å². The summed E-state index contributed by atoms with van der Waals surface area (Å²) in [6, 6.07) is 10.0. The van der Waals surface area contributed by atoms with Crippen molar-refractivity contribution < 1.29 is 9.18 Å². The van der Waals surface area contributed by atoms with E-state index in [-0.39, 0.29) is 5.69 Å². The predicted octanol–water partition coefficient (Wildman–Crippen LogP) is 4.62. The number of hydrogen-bond acceptors (Lipinski definition) is 3. The Kier molecular flexibility index (Phi) is 4.23. The zero-order chi connectivity index (χ0) is 17.4. The highest BCUT2D eigenvalue weighted by atomic mass is 79.9. The van der Waals surface area contributed by atoms with Crippen molar-refractivity contribution in [1.82, 2.24) is 4.98 Å². The maximum atomic E-state index is 13.3. The van der Waals surface area contributed by atoms with Crippen molar-refractivity contribution in [2.75, 3.05) is 23.3 Å². The molecule has 0 bridgehead atoms. The van der Waals surface area contributed by atoms with E-state index >= 15 is 0 Å². The topological polar surface area (TPSA) is 45.2 Å². The molecule has 0 atom stereocenters. The molecule has 1 aromatic carbocycles. The summed E-state index contributed by atoms with van der Waals surface area (Å²) in [5.41, 5.74) is 2.39. The first kappa shape index (κ1) is 16.5. The van der Waals surface area contributed by atoms with Crippen molar-refractivity contribution in [1.29, 1.82) is 0 Å². The number of nitrogens with zero attached hydrogens (tertiary/aromatic N) is 2. The number of carbonyl (C=O) groups is 1. The molecule has 2 aliphatic rings. The van der Waals surface area contributed by atoms with Crippen LogP contribution in [-0.4, -0.2) is 24.0 Å². The molecule has 2 aromatic rings. The Bertz CT molecular complexity index is 812. The Morgan fingerprint density at radius 2 is 1.92 bits per heavy atom. The minimum Gasteiger partial charge on any atom is -0.370 e. The molecule has 1 saturated heterocycles. The molecule has 1 aliphatic heterocycles. The van der Waals surface area contributed by atoms with Crippen LogP contribution in [0.1, 0.15) is 36.2 Å². The number of aromatic nitrogens is 1. The summed E-state index contributed by atoms with van der Waals surface area (Å²) in [4.78, 5) is 18.4. The fourth-order valence-electron chi connectivity index (χ4n) is 3.49. The first-order valence-electron chi connectivity index (χ1n) is 8.53. The van der Waals surface area contributed by atoms with Crippen molar-refractivity contribution >= 4 is 33.2 Å². The van der Waals surface area contributed by atoms with E-state index in [2.05, 4.69) is 31.1 Å². The number of benzene rings is 1. The van der Waals surface area contributed by atoms with Crippen molar-refractivity contribution in [3.05, 3.63) is 52.5 Å². The lowest BCUT2D eigenvalue weighted by Crippen LogP contribution is -2.35. The predicted molar refractivity (Wildman–Crippen MR) is 99.4 cm³/mol. The van der Waals surface area contributed by atoms with E-state index < -0.39 is 11.9 Å². The summed E-state index contributed by atoms with van der Waals surface area (Å²) in [6.45, 7) is 2.00. The Hall–Kier alpha value is -1.95. The fourth-order valence-corrected chi connectivity index (χ4v) is 3.84. The van der Waals surface area contributed by atoms with Gasteiger partial charge < -0.3 is 10.2 Å². The Balaban J connectivity index is 1.56. The molecule has 130 valence electrons. The van der Waals surface area contributed by atoms with Crippen molar-refractivity contribution in [3.8, 4) is 0 Å². The Labute approximate surface area is 154 Å². The highest BCUT2D eigenvalue weighted by Gasteiger charge is 2.44. The van der Waals surface area contributed by atoms with Gasteiger partial charge in [-0.1, -0.05) is 22.0 Å². The molecule has 2 heterocycles. The summed E-state index contributed by atoms with van der Waals surface area (Å²) in [5.74, 6) is -1.06. The smallest absolute Gasteiger partial charge is 0.274 e. The average Bonchev–Trinajstić information content (AvgIpc) is 3.36. The van der Waals surface area contributed by atoms with E-state index in [1.165, 1.54) is 43.9 Å². The highest BCUT2D eigenvalue weighted by Crippen LogP contribution is 2.54. The van der Waals surface area contributed by atoms with Gasteiger partial charge in [-0.25, -0.2) is 4.98 Å². The van der Waals surface area contributed by atoms with Gasteiger partial charge in [0.1, 0.15) is 5.69 Å². The lowest BCUT2D eigenvalue weighted by Gasteiger charge is -2.35. The Morgan fingerprint density at radius 3 is 2.60 bits per heavy atom. The van der Waals surface area contributed by atoms with Crippen LogP contribution in [-0.2, 0) is 0 Å². The minimum absolute atomic E-state index is 0.0736. The van der Waals surface area contributed by atoms with Crippen LogP contribution in [0.4, 0.5) is 15.8 Å². The van der Waals surface area contributed by atoms with Crippen LogP contribution in [0.15, 0.2) is 40.9 Å². The van der Waals surface area contributed by atoms with E-state index in [0.717, 1.165) is 28.9 Å². The second kappa shape index (κ2) is 6.41. The third-order valence-electron chi connectivity index (χ3n) is 5.28. The number of amides is 1. The molecule has 25 heavy (non-hydrogen) atoms. The average molecular weight is 404 g/mol. The summed E-state index contributed by atoms with van der Waals surface area (Å²) >= 11 is 3.52. The second-order valence-corrected chi connectivity index (χ2v) is 7.86. The van der Waals surface area contributed by atoms with E-state index in [9.17, 15) is 9.18 Å². The minimum atomic E-state index is -0.658. The molecule has 0 unspecified atom stereocenters. The number of anilines is 2. The molecule has 2 fully saturated rings. The van der Waals surface area contributed by atoms with Gasteiger partial charge in [0.15, 0.2) is 0 Å². The summed E-state index contributed by atoms with van der Waals surface area (Å²) in [5, 5.41) is 2.88. The van der Waals surface area contributed by atoms with Gasteiger partial charge in [0.25, 0.3) is 5.91 Å². The third-order valence-corrected chi connectivity index (χ3v) is 5.77. The number of hydrogen-bond donors (Lipinski definition) is 1. The molecule has 1 saturated carbocycles. The SMILES string of the molecule is O=C(Nc1ccc(Br)cc1N1CCC2(CC1)CC2)c1cccc(F)n1. The lowest BCUT2D eigenvalue weighted by atomic mass is 9.93. The normalized spacial score (nSPS) is 18.2. The quantitative estimate of drug-likeness (QED) is 0.760. The molecular weight excluding hydrogens is 385 g/mol. The van der Waals surface area contributed by atoms with E-state index in [1.807, 2.05) is 18.2 Å². The van der Waals surface area contributed by atoms with Crippen LogP contribution in [0.3, 0.4) is 0 Å². The van der Waals surface area contributed by atoms with Crippen LogP contribution >= 0.6 is 15.9 Å². The first-order valence-corrected chi connectivity index (χ1v) is 9.32. The molecule has 4 nitrogen and oxygen atoms in total. The molecular formula is C19H19BrFN3O. The molecule has 1 amide bonds. The van der Waals surface area contributed by atoms with Gasteiger partial charge in [0.2, 0.25) is 5.95 Å². The number of piperidine rings is 1.